The van der Waals surface area contributed by atoms with E-state index in [4.69, 9.17) is 0 Å². The summed E-state index contributed by atoms with van der Waals surface area (Å²) in [5.41, 5.74) is 4.25. The third kappa shape index (κ3) is 4.77. The number of amides is 1. The van der Waals surface area contributed by atoms with Crippen LogP contribution in [0.2, 0.25) is 0 Å². The van der Waals surface area contributed by atoms with Gasteiger partial charge in [0.2, 0.25) is 0 Å². The Morgan fingerprint density at radius 3 is 3.00 bits per heavy atom. The Kier molecular flexibility index (Phi) is 6.13. The maximum Gasteiger partial charge on any atom is 0.250 e. The van der Waals surface area contributed by atoms with E-state index in [1.807, 2.05) is 41.9 Å². The second-order valence-electron chi connectivity index (χ2n) is 5.24. The van der Waals surface area contributed by atoms with Gasteiger partial charge in [-0.25, -0.2) is 5.43 Å². The molecule has 1 amide bonds. The molecule has 0 atom stereocenters. The number of hydrogen-bond acceptors (Lipinski definition) is 6. The highest BCUT2D eigenvalue weighted by Gasteiger charge is 2.12. The van der Waals surface area contributed by atoms with Gasteiger partial charge in [0.05, 0.1) is 12.0 Å². The molecule has 0 aliphatic heterocycles. The minimum atomic E-state index is -0.220. The number of hydrazone groups is 1. The van der Waals surface area contributed by atoms with Crippen molar-refractivity contribution < 1.29 is 4.79 Å². The van der Waals surface area contributed by atoms with Gasteiger partial charge in [0, 0.05) is 35.0 Å². The number of aromatic nitrogens is 4. The first-order valence-electron chi connectivity index (χ1n) is 7.63. The standard InChI is InChI=1S/C17H15BrN6OS/c1-24-16(13-5-2-6-14(18)8-13)22-23-17(24)26-11-15(25)21-20-10-12-4-3-7-19-9-12/h2-10H,11H2,1H3,(H,21,25)/b20-10+. The second kappa shape index (κ2) is 8.72. The maximum atomic E-state index is 11.9. The summed E-state index contributed by atoms with van der Waals surface area (Å²) in [7, 11) is 1.87. The number of nitrogens with zero attached hydrogens (tertiary/aromatic N) is 5. The molecule has 9 heteroatoms. The molecule has 3 aromatic rings. The van der Waals surface area contributed by atoms with E-state index in [2.05, 4.69) is 41.6 Å². The van der Waals surface area contributed by atoms with Gasteiger partial charge in [0.25, 0.3) is 5.91 Å². The van der Waals surface area contributed by atoms with Crippen LogP contribution in [0, 0.1) is 0 Å². The lowest BCUT2D eigenvalue weighted by atomic mass is 10.2. The molecule has 0 aliphatic rings. The Morgan fingerprint density at radius 1 is 1.35 bits per heavy atom. The first-order chi connectivity index (χ1) is 12.6. The monoisotopic (exact) mass is 430 g/mol. The predicted molar refractivity (Wildman–Crippen MR) is 105 cm³/mol. The summed E-state index contributed by atoms with van der Waals surface area (Å²) >= 11 is 4.75. The quantitative estimate of drug-likeness (QED) is 0.369. The number of carbonyl (C=O) groups excluding carboxylic acids is 1. The number of nitrogens with one attached hydrogen (secondary N) is 1. The highest BCUT2D eigenvalue weighted by Crippen LogP contribution is 2.24. The topological polar surface area (TPSA) is 85.1 Å². The van der Waals surface area contributed by atoms with Gasteiger partial charge < -0.3 is 4.57 Å². The molecule has 2 aromatic heterocycles. The molecule has 1 aromatic carbocycles. The highest BCUT2D eigenvalue weighted by atomic mass is 79.9. The smallest absolute Gasteiger partial charge is 0.250 e. The third-order valence-electron chi connectivity index (χ3n) is 3.34. The Balaban J connectivity index is 1.56. The van der Waals surface area contributed by atoms with Crippen molar-refractivity contribution in [2.24, 2.45) is 12.1 Å². The minimum absolute atomic E-state index is 0.189. The van der Waals surface area contributed by atoms with Gasteiger partial charge in [0.1, 0.15) is 0 Å². The predicted octanol–water partition coefficient (Wildman–Crippen LogP) is 2.88. The SMILES string of the molecule is Cn1c(SCC(=O)N/N=C/c2cccnc2)nnc1-c1cccc(Br)c1. The first kappa shape index (κ1) is 18.3. The molecule has 0 spiro atoms. The molecule has 1 N–H and O–H groups in total. The second-order valence-corrected chi connectivity index (χ2v) is 7.10. The van der Waals surface area contributed by atoms with Crippen LogP contribution in [-0.4, -0.2) is 37.6 Å². The zero-order valence-corrected chi connectivity index (χ0v) is 16.2. The van der Waals surface area contributed by atoms with Crippen LogP contribution in [0.4, 0.5) is 0 Å². The summed E-state index contributed by atoms with van der Waals surface area (Å²) in [6, 6.07) is 11.5. The molecule has 0 saturated carbocycles. The molecule has 0 aliphatic carbocycles. The number of hydrogen-bond donors (Lipinski definition) is 1. The van der Waals surface area contributed by atoms with Crippen LogP contribution < -0.4 is 5.43 Å². The molecular weight excluding hydrogens is 416 g/mol. The third-order valence-corrected chi connectivity index (χ3v) is 4.85. The van der Waals surface area contributed by atoms with Crippen LogP contribution in [0.25, 0.3) is 11.4 Å². The van der Waals surface area contributed by atoms with Gasteiger partial charge in [0.15, 0.2) is 11.0 Å². The number of carbonyl (C=O) groups is 1. The van der Waals surface area contributed by atoms with Crippen molar-refractivity contribution in [1.82, 2.24) is 25.2 Å². The molecule has 0 bridgehead atoms. The van der Waals surface area contributed by atoms with Gasteiger partial charge >= 0.3 is 0 Å². The highest BCUT2D eigenvalue weighted by molar-refractivity contribution is 9.10. The van der Waals surface area contributed by atoms with Gasteiger partial charge in [-0.05, 0) is 18.2 Å². The van der Waals surface area contributed by atoms with Gasteiger partial charge in [-0.2, -0.15) is 5.10 Å². The lowest BCUT2D eigenvalue weighted by molar-refractivity contribution is -0.118. The lowest BCUT2D eigenvalue weighted by Gasteiger charge is -2.04. The average Bonchev–Trinajstić information content (AvgIpc) is 3.01. The molecule has 0 saturated heterocycles. The first-order valence-corrected chi connectivity index (χ1v) is 9.41. The summed E-state index contributed by atoms with van der Waals surface area (Å²) in [6.07, 6.45) is 4.88. The molecule has 0 radical (unpaired) electrons. The van der Waals surface area contributed by atoms with E-state index >= 15 is 0 Å². The van der Waals surface area contributed by atoms with E-state index < -0.39 is 0 Å². The summed E-state index contributed by atoms with van der Waals surface area (Å²) in [6.45, 7) is 0. The Morgan fingerprint density at radius 2 is 2.23 bits per heavy atom. The van der Waals surface area contributed by atoms with Crippen LogP contribution in [0.1, 0.15) is 5.56 Å². The van der Waals surface area contributed by atoms with E-state index in [0.29, 0.717) is 5.16 Å². The molecule has 2 heterocycles. The van der Waals surface area contributed by atoms with E-state index in [0.717, 1.165) is 21.4 Å². The number of thioether (sulfide) groups is 1. The number of rotatable bonds is 6. The lowest BCUT2D eigenvalue weighted by Crippen LogP contribution is -2.19. The number of benzene rings is 1. The van der Waals surface area contributed by atoms with Gasteiger partial charge in [-0.15, -0.1) is 10.2 Å². The van der Waals surface area contributed by atoms with Crippen LogP contribution in [-0.2, 0) is 11.8 Å². The Labute approximate surface area is 163 Å². The minimum Gasteiger partial charge on any atom is -0.305 e. The number of halogens is 1. The summed E-state index contributed by atoms with van der Waals surface area (Å²) in [5.74, 6) is 0.709. The van der Waals surface area contributed by atoms with Gasteiger partial charge in [-0.1, -0.05) is 45.9 Å². The fraction of sp³-hybridized carbons (Fsp3) is 0.118. The summed E-state index contributed by atoms with van der Waals surface area (Å²) in [4.78, 5) is 15.9. The molecule has 3 rings (SSSR count). The molecular formula is C17H15BrN6OS. The van der Waals surface area contributed by atoms with Crippen molar-refractivity contribution in [3.05, 3.63) is 58.8 Å². The van der Waals surface area contributed by atoms with Crippen LogP contribution in [0.3, 0.4) is 0 Å². The summed E-state index contributed by atoms with van der Waals surface area (Å²) < 4.78 is 2.83. The van der Waals surface area contributed by atoms with Gasteiger partial charge in [-0.3, -0.25) is 9.78 Å². The van der Waals surface area contributed by atoms with Crippen molar-refractivity contribution in [1.29, 1.82) is 0 Å². The van der Waals surface area contributed by atoms with Crippen molar-refractivity contribution >= 4 is 39.8 Å². The van der Waals surface area contributed by atoms with E-state index in [1.54, 1.807) is 24.7 Å². The van der Waals surface area contributed by atoms with Crippen LogP contribution >= 0.6 is 27.7 Å². The zero-order valence-electron chi connectivity index (χ0n) is 13.8. The zero-order chi connectivity index (χ0) is 18.4. The van der Waals surface area contributed by atoms with E-state index in [9.17, 15) is 4.79 Å². The molecule has 0 unspecified atom stereocenters. The number of pyridine rings is 1. The summed E-state index contributed by atoms with van der Waals surface area (Å²) in [5, 5.41) is 12.9. The van der Waals surface area contributed by atoms with Crippen molar-refractivity contribution in [3.8, 4) is 11.4 Å². The van der Waals surface area contributed by atoms with Crippen molar-refractivity contribution in [2.75, 3.05) is 5.75 Å². The molecule has 26 heavy (non-hydrogen) atoms. The maximum absolute atomic E-state index is 11.9. The van der Waals surface area contributed by atoms with Crippen molar-refractivity contribution in [3.63, 3.8) is 0 Å². The van der Waals surface area contributed by atoms with E-state index in [-0.39, 0.29) is 11.7 Å². The molecule has 132 valence electrons. The van der Waals surface area contributed by atoms with Crippen LogP contribution in [0.15, 0.2) is 63.5 Å². The average molecular weight is 431 g/mol. The van der Waals surface area contributed by atoms with Crippen LogP contribution in [0.5, 0.6) is 0 Å². The normalized spacial score (nSPS) is 11.0. The Bertz CT molecular complexity index is 928. The molecule has 0 fully saturated rings. The van der Waals surface area contributed by atoms with E-state index in [1.165, 1.54) is 11.8 Å². The Hall–Kier alpha value is -2.52. The molecule has 7 nitrogen and oxygen atoms in total. The largest absolute Gasteiger partial charge is 0.305 e. The van der Waals surface area contributed by atoms with Crippen molar-refractivity contribution in [2.45, 2.75) is 5.16 Å². The fourth-order valence-electron chi connectivity index (χ4n) is 2.11. The fourth-order valence-corrected chi connectivity index (χ4v) is 3.22.